The third-order valence-electron chi connectivity index (χ3n) is 5.18. The number of halogens is 2. The van der Waals surface area contributed by atoms with E-state index in [0.717, 1.165) is 29.0 Å². The molecule has 0 N–H and O–H groups in total. The van der Waals surface area contributed by atoms with Crippen molar-refractivity contribution < 1.29 is 0 Å². The van der Waals surface area contributed by atoms with E-state index in [1.54, 1.807) is 0 Å². The Bertz CT molecular complexity index is 412. The largest absolute Gasteiger partial charge is 0.0925 e. The molecular weight excluding hydrogens is 364 g/mol. The van der Waals surface area contributed by atoms with Gasteiger partial charge in [-0.15, -0.1) is 0 Å². The molecule has 0 nitrogen and oxygen atoms in total. The van der Waals surface area contributed by atoms with Crippen molar-refractivity contribution in [2.24, 2.45) is 23.7 Å². The summed E-state index contributed by atoms with van der Waals surface area (Å²) in [7, 11) is 0. The molecule has 0 aromatic heterocycles. The summed E-state index contributed by atoms with van der Waals surface area (Å²) >= 11 is 7.25. The van der Waals surface area contributed by atoms with Gasteiger partial charge < -0.3 is 0 Å². The Morgan fingerprint density at radius 3 is 2.47 bits per heavy atom. The van der Waals surface area contributed by atoms with Crippen molar-refractivity contribution >= 4 is 31.9 Å². The molecule has 0 heterocycles. The molecule has 2 saturated carbocycles. The van der Waals surface area contributed by atoms with E-state index in [-0.39, 0.29) is 0 Å². The molecule has 0 aliphatic heterocycles. The maximum atomic E-state index is 3.74. The molecule has 0 amide bonds. The van der Waals surface area contributed by atoms with E-state index in [1.165, 1.54) is 48.6 Å². The van der Waals surface area contributed by atoms with Crippen molar-refractivity contribution in [1.29, 1.82) is 0 Å². The second-order valence-electron chi connectivity index (χ2n) is 6.52. The average Bonchev–Trinajstić information content (AvgIpc) is 3.03. The van der Waals surface area contributed by atoms with Crippen LogP contribution >= 0.6 is 31.9 Å². The van der Waals surface area contributed by atoms with Crippen molar-refractivity contribution in [2.45, 2.75) is 38.5 Å². The first-order valence-corrected chi connectivity index (χ1v) is 9.46. The highest BCUT2D eigenvalue weighted by molar-refractivity contribution is 9.10. The van der Waals surface area contributed by atoms with Gasteiger partial charge >= 0.3 is 0 Å². The molecule has 2 fully saturated rings. The number of benzene rings is 1. The second kappa shape index (κ2) is 6.30. The maximum absolute atomic E-state index is 3.74. The van der Waals surface area contributed by atoms with E-state index in [2.05, 4.69) is 56.1 Å². The minimum absolute atomic E-state index is 0.811. The van der Waals surface area contributed by atoms with Crippen LogP contribution in [0.2, 0.25) is 0 Å². The van der Waals surface area contributed by atoms with Gasteiger partial charge in [-0.2, -0.15) is 0 Å². The number of hydrogen-bond acceptors (Lipinski definition) is 0. The van der Waals surface area contributed by atoms with Crippen LogP contribution in [-0.4, -0.2) is 5.33 Å². The summed E-state index contributed by atoms with van der Waals surface area (Å²) in [5, 5.41) is 1.15. The highest BCUT2D eigenvalue weighted by Crippen LogP contribution is 2.50. The Morgan fingerprint density at radius 2 is 1.89 bits per heavy atom. The van der Waals surface area contributed by atoms with Gasteiger partial charge in [0.1, 0.15) is 0 Å². The molecule has 2 aliphatic carbocycles. The van der Waals surface area contributed by atoms with Gasteiger partial charge in [-0.25, -0.2) is 0 Å². The molecule has 1 aromatic carbocycles. The smallest absolute Gasteiger partial charge is 0.0175 e. The van der Waals surface area contributed by atoms with Crippen LogP contribution in [0.25, 0.3) is 0 Å². The molecule has 2 heteroatoms. The number of hydrogen-bond donors (Lipinski definition) is 0. The van der Waals surface area contributed by atoms with Gasteiger partial charge in [-0.1, -0.05) is 50.4 Å². The van der Waals surface area contributed by atoms with Crippen molar-refractivity contribution in [3.63, 3.8) is 0 Å². The molecule has 3 rings (SSSR count). The highest BCUT2D eigenvalue weighted by atomic mass is 79.9. The molecular formula is C17H22Br2. The van der Waals surface area contributed by atoms with E-state index >= 15 is 0 Å². The SMILES string of the molecule is BrCC(Cc1ccc(Br)cc1)CC1CC2CCC1C2. The van der Waals surface area contributed by atoms with Crippen molar-refractivity contribution in [3.05, 3.63) is 34.3 Å². The Labute approximate surface area is 133 Å². The van der Waals surface area contributed by atoms with Crippen LogP contribution in [-0.2, 0) is 6.42 Å². The van der Waals surface area contributed by atoms with Crippen LogP contribution in [0.3, 0.4) is 0 Å². The van der Waals surface area contributed by atoms with Gasteiger partial charge in [-0.05, 0) is 73.5 Å². The second-order valence-corrected chi connectivity index (χ2v) is 8.08. The predicted octanol–water partition coefficient (Wildman–Crippen LogP) is 5.83. The first kappa shape index (κ1) is 14.1. The third kappa shape index (κ3) is 3.44. The summed E-state index contributed by atoms with van der Waals surface area (Å²) in [5.41, 5.74) is 1.48. The molecule has 2 aliphatic rings. The normalized spacial score (nSPS) is 30.7. The summed E-state index contributed by atoms with van der Waals surface area (Å²) < 4.78 is 1.18. The molecule has 19 heavy (non-hydrogen) atoms. The van der Waals surface area contributed by atoms with Gasteiger partial charge in [0.05, 0.1) is 0 Å². The molecule has 0 radical (unpaired) electrons. The summed E-state index contributed by atoms with van der Waals surface area (Å²) in [6, 6.07) is 8.86. The lowest BCUT2D eigenvalue weighted by Crippen LogP contribution is -2.17. The van der Waals surface area contributed by atoms with Gasteiger partial charge in [0.15, 0.2) is 0 Å². The Kier molecular flexibility index (Phi) is 4.69. The lowest BCUT2D eigenvalue weighted by Gasteiger charge is -2.26. The van der Waals surface area contributed by atoms with Crippen LogP contribution in [0.4, 0.5) is 0 Å². The minimum Gasteiger partial charge on any atom is -0.0925 e. The Hall–Kier alpha value is 0.180. The standard InChI is InChI=1S/C17H22Br2/c18-11-14(7-12-2-5-17(19)6-3-12)10-16-9-13-1-4-15(16)8-13/h2-3,5-6,13-16H,1,4,7-11H2. The Balaban J connectivity index is 1.57. The monoisotopic (exact) mass is 384 g/mol. The number of rotatable bonds is 5. The van der Waals surface area contributed by atoms with Crippen molar-refractivity contribution in [1.82, 2.24) is 0 Å². The fourth-order valence-electron chi connectivity index (χ4n) is 4.25. The van der Waals surface area contributed by atoms with Crippen LogP contribution in [0.15, 0.2) is 28.7 Å². The van der Waals surface area contributed by atoms with Gasteiger partial charge in [0, 0.05) is 9.80 Å². The zero-order valence-electron chi connectivity index (χ0n) is 11.3. The minimum atomic E-state index is 0.811. The van der Waals surface area contributed by atoms with Gasteiger partial charge in [0.2, 0.25) is 0 Å². The molecule has 4 atom stereocenters. The molecule has 0 saturated heterocycles. The molecule has 4 unspecified atom stereocenters. The fourth-order valence-corrected chi connectivity index (χ4v) is 5.01. The first-order chi connectivity index (χ1) is 9.24. The van der Waals surface area contributed by atoms with Crippen LogP contribution < -0.4 is 0 Å². The predicted molar refractivity (Wildman–Crippen MR) is 88.7 cm³/mol. The molecule has 0 spiro atoms. The summed E-state index contributed by atoms with van der Waals surface area (Å²) in [6.45, 7) is 0. The van der Waals surface area contributed by atoms with E-state index in [4.69, 9.17) is 0 Å². The van der Waals surface area contributed by atoms with Crippen LogP contribution in [0.5, 0.6) is 0 Å². The summed E-state index contributed by atoms with van der Waals surface area (Å²) in [6.07, 6.45) is 8.76. The zero-order chi connectivity index (χ0) is 13.2. The topological polar surface area (TPSA) is 0 Å². The van der Waals surface area contributed by atoms with E-state index in [1.807, 2.05) is 0 Å². The number of alkyl halides is 1. The quantitative estimate of drug-likeness (QED) is 0.559. The fraction of sp³-hybridized carbons (Fsp3) is 0.647. The highest BCUT2D eigenvalue weighted by Gasteiger charge is 2.39. The van der Waals surface area contributed by atoms with Crippen LogP contribution in [0, 0.1) is 23.7 Å². The van der Waals surface area contributed by atoms with Gasteiger partial charge in [0.25, 0.3) is 0 Å². The van der Waals surface area contributed by atoms with Crippen molar-refractivity contribution in [3.8, 4) is 0 Å². The Morgan fingerprint density at radius 1 is 1.11 bits per heavy atom. The van der Waals surface area contributed by atoms with Crippen molar-refractivity contribution in [2.75, 3.05) is 5.33 Å². The lowest BCUT2D eigenvalue weighted by molar-refractivity contribution is 0.277. The van der Waals surface area contributed by atoms with Gasteiger partial charge in [-0.3, -0.25) is 0 Å². The molecule has 104 valence electrons. The zero-order valence-corrected chi connectivity index (χ0v) is 14.5. The lowest BCUT2D eigenvalue weighted by atomic mass is 9.81. The van der Waals surface area contributed by atoms with Crippen LogP contribution in [0.1, 0.15) is 37.7 Å². The average molecular weight is 386 g/mol. The molecule has 1 aromatic rings. The first-order valence-electron chi connectivity index (χ1n) is 7.55. The summed E-state index contributed by atoms with van der Waals surface area (Å²) in [4.78, 5) is 0. The van der Waals surface area contributed by atoms with E-state index < -0.39 is 0 Å². The maximum Gasteiger partial charge on any atom is 0.0175 e. The number of fused-ring (bicyclic) bond motifs is 2. The van der Waals surface area contributed by atoms with E-state index in [0.29, 0.717) is 0 Å². The summed E-state index contributed by atoms with van der Waals surface area (Å²) in [5.74, 6) is 3.98. The third-order valence-corrected chi connectivity index (χ3v) is 6.62. The van der Waals surface area contributed by atoms with E-state index in [9.17, 15) is 0 Å². The molecule has 2 bridgehead atoms.